The van der Waals surface area contributed by atoms with Gasteiger partial charge in [0.15, 0.2) is 0 Å². The Kier molecular flexibility index (Phi) is 3.37. The van der Waals surface area contributed by atoms with E-state index in [0.29, 0.717) is 10.7 Å². The lowest BCUT2D eigenvalue weighted by atomic mass is 10.1. The Balaban J connectivity index is 2.20. The fourth-order valence-corrected chi connectivity index (χ4v) is 2.28. The van der Waals surface area contributed by atoms with E-state index in [2.05, 4.69) is 15.5 Å². The molecule has 1 heterocycles. The summed E-state index contributed by atoms with van der Waals surface area (Å²) in [6.07, 6.45) is 0. The summed E-state index contributed by atoms with van der Waals surface area (Å²) in [6, 6.07) is 3.55. The summed E-state index contributed by atoms with van der Waals surface area (Å²) in [4.78, 5) is 0. The van der Waals surface area contributed by atoms with Crippen molar-refractivity contribution in [1.29, 1.82) is 0 Å². The molecule has 0 aliphatic heterocycles. The summed E-state index contributed by atoms with van der Waals surface area (Å²) in [6.45, 7) is 1.82. The molecule has 2 rings (SSSR count). The molecular weight excluding hydrogens is 246 g/mol. The molecule has 17 heavy (non-hydrogen) atoms. The number of nitrogens with zero attached hydrogens (tertiary/aromatic N) is 4. The van der Waals surface area contributed by atoms with Gasteiger partial charge in [0.25, 0.3) is 0 Å². The Bertz CT molecular complexity index is 529. The predicted molar refractivity (Wildman–Crippen MR) is 59.4 cm³/mol. The van der Waals surface area contributed by atoms with Crippen LogP contribution in [0, 0.1) is 11.6 Å². The minimum Gasteiger partial charge on any atom is -0.224 e. The van der Waals surface area contributed by atoms with Gasteiger partial charge in [0, 0.05) is 23.9 Å². The second-order valence-corrected chi connectivity index (χ2v) is 4.82. The highest BCUT2D eigenvalue weighted by Crippen LogP contribution is 2.34. The number of thioether (sulfide) groups is 1. The van der Waals surface area contributed by atoms with E-state index in [1.165, 1.54) is 28.6 Å². The molecule has 0 spiro atoms. The number of aryl methyl sites for hydroxylation is 1. The SMILES string of the molecule is CC(Sc1nnnn1C)c1ccc(F)cc1F. The zero-order valence-corrected chi connectivity index (χ0v) is 10.1. The van der Waals surface area contributed by atoms with Crippen LogP contribution in [0.1, 0.15) is 17.7 Å². The van der Waals surface area contributed by atoms with Gasteiger partial charge in [0.05, 0.1) is 0 Å². The Morgan fingerprint density at radius 2 is 2.12 bits per heavy atom. The van der Waals surface area contributed by atoms with Crippen molar-refractivity contribution in [1.82, 2.24) is 20.2 Å². The molecule has 1 aromatic carbocycles. The second kappa shape index (κ2) is 4.79. The standard InChI is InChI=1S/C10H10F2N4S/c1-6(17-10-13-14-15-16(10)2)8-4-3-7(11)5-9(8)12/h3-6H,1-2H3. The van der Waals surface area contributed by atoms with Crippen molar-refractivity contribution in [3.05, 3.63) is 35.4 Å². The van der Waals surface area contributed by atoms with E-state index in [-0.39, 0.29) is 5.25 Å². The van der Waals surface area contributed by atoms with Gasteiger partial charge in [-0.2, -0.15) is 0 Å². The molecule has 1 atom stereocenters. The molecule has 0 saturated heterocycles. The first-order chi connectivity index (χ1) is 8.08. The number of tetrazole rings is 1. The van der Waals surface area contributed by atoms with Gasteiger partial charge >= 0.3 is 0 Å². The highest BCUT2D eigenvalue weighted by Gasteiger charge is 2.15. The molecule has 0 N–H and O–H groups in total. The Morgan fingerprint density at radius 1 is 1.35 bits per heavy atom. The Morgan fingerprint density at radius 3 is 2.71 bits per heavy atom. The van der Waals surface area contributed by atoms with Crippen LogP contribution in [-0.4, -0.2) is 20.2 Å². The van der Waals surface area contributed by atoms with Crippen LogP contribution in [0.5, 0.6) is 0 Å². The maximum absolute atomic E-state index is 13.5. The summed E-state index contributed by atoms with van der Waals surface area (Å²) >= 11 is 1.31. The lowest BCUT2D eigenvalue weighted by Gasteiger charge is -2.11. The van der Waals surface area contributed by atoms with Crippen molar-refractivity contribution in [2.45, 2.75) is 17.3 Å². The first-order valence-corrected chi connectivity index (χ1v) is 5.80. The van der Waals surface area contributed by atoms with Crippen molar-refractivity contribution in [3.63, 3.8) is 0 Å². The molecular formula is C10H10F2N4S. The van der Waals surface area contributed by atoms with Gasteiger partial charge in [-0.3, -0.25) is 0 Å². The van der Waals surface area contributed by atoms with Crippen LogP contribution in [-0.2, 0) is 7.05 Å². The van der Waals surface area contributed by atoms with Crippen LogP contribution < -0.4 is 0 Å². The molecule has 0 aliphatic carbocycles. The fourth-order valence-electron chi connectivity index (χ4n) is 1.37. The van der Waals surface area contributed by atoms with Gasteiger partial charge < -0.3 is 0 Å². The Hall–Kier alpha value is -1.50. The van der Waals surface area contributed by atoms with Crippen molar-refractivity contribution < 1.29 is 8.78 Å². The zero-order chi connectivity index (χ0) is 12.4. The van der Waals surface area contributed by atoms with Crippen molar-refractivity contribution >= 4 is 11.8 Å². The minimum atomic E-state index is -0.580. The van der Waals surface area contributed by atoms with E-state index in [4.69, 9.17) is 0 Å². The van der Waals surface area contributed by atoms with Gasteiger partial charge in [-0.25, -0.2) is 13.5 Å². The molecule has 0 saturated carbocycles. The number of aromatic nitrogens is 4. The average Bonchev–Trinajstić information content (AvgIpc) is 2.64. The predicted octanol–water partition coefficient (Wildman–Crippen LogP) is 2.34. The topological polar surface area (TPSA) is 43.6 Å². The molecule has 0 radical (unpaired) electrons. The Labute approximate surface area is 101 Å². The first kappa shape index (κ1) is 12.0. The molecule has 4 nitrogen and oxygen atoms in total. The highest BCUT2D eigenvalue weighted by atomic mass is 32.2. The van der Waals surface area contributed by atoms with Crippen LogP contribution in [0.4, 0.5) is 8.78 Å². The number of rotatable bonds is 3. The summed E-state index contributed by atoms with van der Waals surface area (Å²) in [5.74, 6) is -1.14. The molecule has 1 aromatic heterocycles. The number of hydrogen-bond acceptors (Lipinski definition) is 4. The first-order valence-electron chi connectivity index (χ1n) is 4.92. The molecule has 0 amide bonds. The van der Waals surface area contributed by atoms with Crippen LogP contribution in [0.3, 0.4) is 0 Å². The lowest BCUT2D eigenvalue weighted by Crippen LogP contribution is -1.98. The van der Waals surface area contributed by atoms with Crippen molar-refractivity contribution in [2.75, 3.05) is 0 Å². The summed E-state index contributed by atoms with van der Waals surface area (Å²) in [7, 11) is 1.70. The lowest BCUT2D eigenvalue weighted by molar-refractivity contribution is 0.572. The molecule has 90 valence electrons. The molecule has 7 heteroatoms. The summed E-state index contributed by atoms with van der Waals surface area (Å²) in [5, 5.41) is 11.4. The number of hydrogen-bond donors (Lipinski definition) is 0. The van der Waals surface area contributed by atoms with Gasteiger partial charge in [-0.05, 0) is 23.4 Å². The van der Waals surface area contributed by atoms with Gasteiger partial charge in [-0.15, -0.1) is 5.10 Å². The third-order valence-electron chi connectivity index (χ3n) is 2.26. The maximum atomic E-state index is 13.5. The zero-order valence-electron chi connectivity index (χ0n) is 9.26. The van der Waals surface area contributed by atoms with Crippen LogP contribution >= 0.6 is 11.8 Å². The summed E-state index contributed by atoms with van der Waals surface area (Å²) in [5.41, 5.74) is 0.430. The van der Waals surface area contributed by atoms with Crippen LogP contribution in [0.25, 0.3) is 0 Å². The summed E-state index contributed by atoms with van der Waals surface area (Å²) < 4.78 is 27.8. The van der Waals surface area contributed by atoms with Gasteiger partial charge in [0.1, 0.15) is 11.6 Å². The largest absolute Gasteiger partial charge is 0.224 e. The second-order valence-electron chi connectivity index (χ2n) is 3.51. The van der Waals surface area contributed by atoms with Crippen LogP contribution in [0.2, 0.25) is 0 Å². The van der Waals surface area contributed by atoms with E-state index >= 15 is 0 Å². The fraction of sp³-hybridized carbons (Fsp3) is 0.300. The molecule has 1 unspecified atom stereocenters. The van der Waals surface area contributed by atoms with Crippen molar-refractivity contribution in [3.8, 4) is 0 Å². The third-order valence-corrected chi connectivity index (χ3v) is 3.43. The van der Waals surface area contributed by atoms with E-state index in [1.54, 1.807) is 7.05 Å². The monoisotopic (exact) mass is 256 g/mol. The number of halogens is 2. The van der Waals surface area contributed by atoms with E-state index < -0.39 is 11.6 Å². The molecule has 0 fully saturated rings. The third kappa shape index (κ3) is 2.60. The van der Waals surface area contributed by atoms with Gasteiger partial charge in [-0.1, -0.05) is 17.8 Å². The van der Waals surface area contributed by atoms with Crippen LogP contribution in [0.15, 0.2) is 23.4 Å². The quantitative estimate of drug-likeness (QED) is 0.791. The van der Waals surface area contributed by atoms with Crippen molar-refractivity contribution in [2.24, 2.45) is 7.05 Å². The van der Waals surface area contributed by atoms with E-state index in [1.807, 2.05) is 6.92 Å². The normalized spacial score (nSPS) is 12.7. The smallest absolute Gasteiger partial charge is 0.209 e. The van der Waals surface area contributed by atoms with E-state index in [9.17, 15) is 8.78 Å². The minimum absolute atomic E-state index is 0.194. The number of benzene rings is 1. The maximum Gasteiger partial charge on any atom is 0.209 e. The van der Waals surface area contributed by atoms with E-state index in [0.717, 1.165) is 6.07 Å². The molecule has 0 bridgehead atoms. The highest BCUT2D eigenvalue weighted by molar-refractivity contribution is 7.99. The molecule has 0 aliphatic rings. The average molecular weight is 256 g/mol. The van der Waals surface area contributed by atoms with Gasteiger partial charge in [0.2, 0.25) is 5.16 Å². The molecule has 2 aromatic rings.